The zero-order chi connectivity index (χ0) is 23.1. The zero-order valence-electron chi connectivity index (χ0n) is 17.3. The Hall–Kier alpha value is -2.88. The number of aromatic amines is 1. The van der Waals surface area contributed by atoms with Crippen molar-refractivity contribution in [3.05, 3.63) is 40.7 Å². The third-order valence-electron chi connectivity index (χ3n) is 6.18. The molecule has 2 aromatic rings. The van der Waals surface area contributed by atoms with Gasteiger partial charge < -0.3 is 10.2 Å². The number of benzene rings is 1. The van der Waals surface area contributed by atoms with Crippen molar-refractivity contribution < 1.29 is 23.2 Å². The molecule has 1 saturated carbocycles. The van der Waals surface area contributed by atoms with Crippen molar-refractivity contribution >= 4 is 34.9 Å². The van der Waals surface area contributed by atoms with Gasteiger partial charge in [0, 0.05) is 48.5 Å². The van der Waals surface area contributed by atoms with E-state index in [1.165, 1.54) is 11.1 Å². The minimum absolute atomic E-state index is 0.0864. The van der Waals surface area contributed by atoms with Crippen LogP contribution in [-0.4, -0.2) is 56.9 Å². The van der Waals surface area contributed by atoms with E-state index in [1.807, 2.05) is 6.92 Å². The highest BCUT2D eigenvalue weighted by molar-refractivity contribution is 6.36. The van der Waals surface area contributed by atoms with Crippen LogP contribution in [0.15, 0.2) is 24.4 Å². The molecule has 1 saturated heterocycles. The molecule has 32 heavy (non-hydrogen) atoms. The van der Waals surface area contributed by atoms with Crippen LogP contribution in [0.2, 0.25) is 5.02 Å². The fourth-order valence-corrected chi connectivity index (χ4v) is 4.61. The number of ketones is 1. The predicted molar refractivity (Wildman–Crippen MR) is 111 cm³/mol. The number of carbonyl (C=O) groups excluding carboxylic acids is 3. The second-order valence-electron chi connectivity index (χ2n) is 8.64. The molecule has 2 fully saturated rings. The summed E-state index contributed by atoms with van der Waals surface area (Å²) in [6, 6.07) is 5.17. The minimum Gasteiger partial charge on any atom is -0.335 e. The van der Waals surface area contributed by atoms with Gasteiger partial charge in [-0.3, -0.25) is 14.4 Å². The minimum atomic E-state index is -2.90. The van der Waals surface area contributed by atoms with Crippen molar-refractivity contribution in [3.8, 4) is 0 Å². The second kappa shape index (κ2) is 8.23. The molecule has 1 aliphatic carbocycles. The third-order valence-corrected chi connectivity index (χ3v) is 6.58. The number of aryl methyl sites for hydroxylation is 1. The molecular weight excluding hydrogens is 444 g/mol. The van der Waals surface area contributed by atoms with Gasteiger partial charge in [0.05, 0.1) is 17.8 Å². The predicted octanol–water partition coefficient (Wildman–Crippen LogP) is 2.88. The number of hydrogen-bond donors (Lipinski definition) is 2. The number of rotatable bonds is 6. The van der Waals surface area contributed by atoms with Crippen molar-refractivity contribution in [3.63, 3.8) is 0 Å². The Morgan fingerprint density at radius 2 is 2.06 bits per heavy atom. The second-order valence-corrected chi connectivity index (χ2v) is 9.04. The summed E-state index contributed by atoms with van der Waals surface area (Å²) < 4.78 is 27.3. The lowest BCUT2D eigenvalue weighted by Crippen LogP contribution is -2.52. The molecule has 8 nitrogen and oxygen atoms in total. The summed E-state index contributed by atoms with van der Waals surface area (Å²) >= 11 is 6.08. The van der Waals surface area contributed by atoms with E-state index in [0.717, 1.165) is 5.56 Å². The topological polar surface area (TPSA) is 108 Å². The van der Waals surface area contributed by atoms with E-state index in [-0.39, 0.29) is 31.1 Å². The van der Waals surface area contributed by atoms with Gasteiger partial charge in [-0.1, -0.05) is 17.7 Å². The first-order valence-corrected chi connectivity index (χ1v) is 10.6. The van der Waals surface area contributed by atoms with Gasteiger partial charge in [-0.05, 0) is 31.0 Å². The first kappa shape index (κ1) is 22.3. The number of aromatic nitrogens is 3. The summed E-state index contributed by atoms with van der Waals surface area (Å²) in [5.74, 6) is -5.20. The van der Waals surface area contributed by atoms with Crippen LogP contribution in [0.3, 0.4) is 0 Å². The number of alkyl halides is 2. The lowest BCUT2D eigenvalue weighted by atomic mass is 9.61. The molecule has 2 heterocycles. The Labute approximate surface area is 187 Å². The van der Waals surface area contributed by atoms with Gasteiger partial charge in [0.2, 0.25) is 17.6 Å². The number of hydrogen-bond acceptors (Lipinski definition) is 5. The monoisotopic (exact) mass is 465 g/mol. The van der Waals surface area contributed by atoms with Crippen molar-refractivity contribution in [2.75, 3.05) is 18.4 Å². The lowest BCUT2D eigenvalue weighted by molar-refractivity contribution is -0.153. The molecule has 0 radical (unpaired) electrons. The number of nitrogens with one attached hydrogen (secondary N) is 2. The van der Waals surface area contributed by atoms with Gasteiger partial charge in [-0.15, -0.1) is 0 Å². The van der Waals surface area contributed by atoms with Crippen LogP contribution in [0.5, 0.6) is 0 Å². The van der Waals surface area contributed by atoms with Gasteiger partial charge in [0.1, 0.15) is 0 Å². The smallest absolute Gasteiger partial charge is 0.289 e. The molecule has 4 rings (SSSR count). The third kappa shape index (κ3) is 4.36. The maximum absolute atomic E-state index is 13.6. The number of likely N-dealkylation sites (tertiary alicyclic amines) is 1. The lowest BCUT2D eigenvalue weighted by Gasteiger charge is -2.45. The largest absolute Gasteiger partial charge is 0.335 e. The van der Waals surface area contributed by atoms with Crippen molar-refractivity contribution in [2.24, 2.45) is 5.92 Å². The molecule has 2 amide bonds. The van der Waals surface area contributed by atoms with E-state index in [9.17, 15) is 23.2 Å². The average Bonchev–Trinajstić information content (AvgIpc) is 3.41. The average molecular weight is 466 g/mol. The fourth-order valence-electron chi connectivity index (χ4n) is 4.43. The van der Waals surface area contributed by atoms with E-state index >= 15 is 0 Å². The van der Waals surface area contributed by atoms with Crippen molar-refractivity contribution in [1.82, 2.24) is 20.3 Å². The SMILES string of the molecule is Cc1ccc(NC(=O)[C@H]2CCN(C(=O)C(=O)CC3(c4cn[nH]n4)CC(F)(F)C3)C2)cc1Cl. The van der Waals surface area contributed by atoms with Crippen LogP contribution in [-0.2, 0) is 19.8 Å². The van der Waals surface area contributed by atoms with E-state index in [0.29, 0.717) is 17.1 Å². The molecular formula is C21H22ClF2N5O3. The molecule has 0 unspecified atom stereocenters. The van der Waals surface area contributed by atoms with E-state index in [1.54, 1.807) is 18.2 Å². The summed E-state index contributed by atoms with van der Waals surface area (Å²) in [4.78, 5) is 39.3. The van der Waals surface area contributed by atoms with Crippen LogP contribution >= 0.6 is 11.6 Å². The fraction of sp³-hybridized carbons (Fsp3) is 0.476. The van der Waals surface area contributed by atoms with Crippen molar-refractivity contribution in [2.45, 2.75) is 43.9 Å². The zero-order valence-corrected chi connectivity index (χ0v) is 18.1. The summed E-state index contributed by atoms with van der Waals surface area (Å²) in [7, 11) is 0. The molecule has 170 valence electrons. The first-order chi connectivity index (χ1) is 15.1. The summed E-state index contributed by atoms with van der Waals surface area (Å²) in [6.07, 6.45) is 0.214. The summed E-state index contributed by atoms with van der Waals surface area (Å²) in [5, 5.41) is 13.2. The molecule has 1 aromatic carbocycles. The van der Waals surface area contributed by atoms with E-state index < -0.39 is 41.8 Å². The summed E-state index contributed by atoms with van der Waals surface area (Å²) in [6.45, 7) is 2.18. The highest BCUT2D eigenvalue weighted by atomic mass is 35.5. The number of H-pyrrole nitrogens is 1. The standard InChI is InChI=1S/C21H22ClF2N5O3/c1-12-2-3-14(6-15(12)22)26-18(31)13-4-5-29(9-13)19(32)16(30)7-20(10-21(23,24)11-20)17-8-25-28-27-17/h2-3,6,8,13H,4-5,7,9-11H2,1H3,(H,26,31)(H,25,27,28)/t13-/m0/s1. The number of anilines is 1. The van der Waals surface area contributed by atoms with Gasteiger partial charge in [0.25, 0.3) is 5.91 Å². The van der Waals surface area contributed by atoms with Crippen LogP contribution in [0.1, 0.15) is 36.9 Å². The normalized spacial score (nSPS) is 21.1. The number of carbonyl (C=O) groups is 3. The van der Waals surface area contributed by atoms with E-state index in [4.69, 9.17) is 11.6 Å². The molecule has 2 N–H and O–H groups in total. The quantitative estimate of drug-likeness (QED) is 0.638. The molecule has 1 aliphatic heterocycles. The number of amides is 2. The highest BCUT2D eigenvalue weighted by Crippen LogP contribution is 2.54. The number of halogens is 3. The van der Waals surface area contributed by atoms with E-state index in [2.05, 4.69) is 20.7 Å². The van der Waals surface area contributed by atoms with Crippen LogP contribution < -0.4 is 5.32 Å². The first-order valence-electron chi connectivity index (χ1n) is 10.2. The summed E-state index contributed by atoms with van der Waals surface area (Å²) in [5.41, 5.74) is 0.477. The van der Waals surface area contributed by atoms with Crippen LogP contribution in [0, 0.1) is 12.8 Å². The Kier molecular flexibility index (Phi) is 5.74. The maximum atomic E-state index is 13.6. The van der Waals surface area contributed by atoms with Gasteiger partial charge in [-0.25, -0.2) is 8.78 Å². The molecule has 2 aliphatic rings. The molecule has 0 spiro atoms. The highest BCUT2D eigenvalue weighted by Gasteiger charge is 2.59. The molecule has 11 heteroatoms. The maximum Gasteiger partial charge on any atom is 0.289 e. The number of nitrogens with zero attached hydrogens (tertiary/aromatic N) is 3. The Balaban J connectivity index is 1.36. The Bertz CT molecular complexity index is 1050. The van der Waals surface area contributed by atoms with Gasteiger partial charge >= 0.3 is 0 Å². The van der Waals surface area contributed by atoms with Crippen molar-refractivity contribution in [1.29, 1.82) is 0 Å². The Morgan fingerprint density at radius 3 is 2.69 bits per heavy atom. The number of Topliss-reactive ketones (excluding diaryl/α,β-unsaturated/α-hetero) is 1. The van der Waals surface area contributed by atoms with Gasteiger partial charge in [0.15, 0.2) is 0 Å². The molecule has 1 aromatic heterocycles. The van der Waals surface area contributed by atoms with Crippen LogP contribution in [0.25, 0.3) is 0 Å². The molecule has 1 atom stereocenters. The Morgan fingerprint density at radius 1 is 1.31 bits per heavy atom. The van der Waals surface area contributed by atoms with Gasteiger partial charge in [-0.2, -0.15) is 15.4 Å². The molecule has 0 bridgehead atoms. The van der Waals surface area contributed by atoms with Crippen LogP contribution in [0.4, 0.5) is 14.5 Å².